The van der Waals surface area contributed by atoms with Crippen molar-refractivity contribution in [1.82, 2.24) is 4.90 Å². The molecule has 0 unspecified atom stereocenters. The monoisotopic (exact) mass is 425 g/mol. The van der Waals surface area contributed by atoms with Crippen molar-refractivity contribution in [2.45, 2.75) is 76.2 Å². The van der Waals surface area contributed by atoms with Gasteiger partial charge in [0.25, 0.3) is 8.32 Å². The van der Waals surface area contributed by atoms with Crippen LogP contribution in [0.4, 0.5) is 4.39 Å². The van der Waals surface area contributed by atoms with E-state index in [1.165, 1.54) is 10.4 Å². The highest BCUT2D eigenvalue weighted by Gasteiger charge is 2.58. The van der Waals surface area contributed by atoms with E-state index < -0.39 is 14.5 Å². The van der Waals surface area contributed by atoms with Crippen molar-refractivity contribution in [3.05, 3.63) is 60.7 Å². The predicted molar refractivity (Wildman–Crippen MR) is 126 cm³/mol. The van der Waals surface area contributed by atoms with Crippen LogP contribution in [-0.2, 0) is 4.43 Å². The van der Waals surface area contributed by atoms with Crippen LogP contribution in [0.25, 0.3) is 0 Å². The SMILES string of the molecule is CC1(C)CC[C@@]2(CO[Si](c3ccccc3)(c3ccccc3)C(C)(C)C)C[C@@H](F)CN12. The second-order valence-corrected chi connectivity index (χ2v) is 15.2. The van der Waals surface area contributed by atoms with Crippen LogP contribution in [0.5, 0.6) is 0 Å². The molecule has 2 saturated heterocycles. The molecule has 0 aliphatic carbocycles. The Morgan fingerprint density at radius 1 is 0.967 bits per heavy atom. The normalized spacial score (nSPS) is 26.7. The molecule has 0 spiro atoms. The van der Waals surface area contributed by atoms with Crippen LogP contribution in [0.1, 0.15) is 53.9 Å². The first-order valence-corrected chi connectivity index (χ1v) is 13.2. The van der Waals surface area contributed by atoms with Crippen molar-refractivity contribution in [1.29, 1.82) is 0 Å². The Morgan fingerprint density at radius 3 is 2.00 bits per heavy atom. The first-order chi connectivity index (χ1) is 14.1. The molecule has 0 saturated carbocycles. The second kappa shape index (κ2) is 7.58. The van der Waals surface area contributed by atoms with Crippen molar-refractivity contribution >= 4 is 18.7 Å². The Kier molecular flexibility index (Phi) is 5.49. The summed E-state index contributed by atoms with van der Waals surface area (Å²) in [6, 6.07) is 21.5. The summed E-state index contributed by atoms with van der Waals surface area (Å²) in [5.41, 5.74) is -0.147. The fourth-order valence-corrected chi connectivity index (χ4v) is 10.6. The minimum absolute atomic E-state index is 0.0373. The zero-order valence-electron chi connectivity index (χ0n) is 19.1. The maximum absolute atomic E-state index is 14.6. The Labute approximate surface area is 182 Å². The van der Waals surface area contributed by atoms with E-state index in [2.05, 4.69) is 100 Å². The molecule has 2 nitrogen and oxygen atoms in total. The molecule has 0 radical (unpaired) electrons. The second-order valence-electron chi connectivity index (χ2n) is 10.9. The summed E-state index contributed by atoms with van der Waals surface area (Å²) in [5.74, 6) is 0. The van der Waals surface area contributed by atoms with Crippen LogP contribution in [0.15, 0.2) is 60.7 Å². The van der Waals surface area contributed by atoms with E-state index in [9.17, 15) is 4.39 Å². The number of hydrogen-bond acceptors (Lipinski definition) is 2. The average molecular weight is 426 g/mol. The van der Waals surface area contributed by atoms with Crippen LogP contribution in [0, 0.1) is 0 Å². The standard InChI is InChI=1S/C26H36FNOSi/c1-24(2,3)30(22-12-8-6-9-13-22,23-14-10-7-11-15-23)29-20-26-17-16-25(4,5)28(26)19-21(27)18-26/h6-15,21H,16-20H2,1-5H3/t21-,26+/m1/s1. The number of fused-ring (bicyclic) bond motifs is 1. The van der Waals surface area contributed by atoms with Gasteiger partial charge >= 0.3 is 0 Å². The van der Waals surface area contributed by atoms with Gasteiger partial charge in [-0.05, 0) is 42.1 Å². The highest BCUT2D eigenvalue weighted by atomic mass is 28.4. The Balaban J connectivity index is 1.78. The molecule has 2 aromatic carbocycles. The summed E-state index contributed by atoms with van der Waals surface area (Å²) in [4.78, 5) is 2.42. The van der Waals surface area contributed by atoms with Crippen LogP contribution >= 0.6 is 0 Å². The Bertz CT molecular complexity index is 824. The maximum atomic E-state index is 14.6. The molecule has 2 aliphatic rings. The summed E-state index contributed by atoms with van der Waals surface area (Å²) in [6.45, 7) is 12.6. The smallest absolute Gasteiger partial charge is 0.261 e. The number of benzene rings is 2. The lowest BCUT2D eigenvalue weighted by atomic mass is 9.94. The Hall–Kier alpha value is -1.49. The van der Waals surface area contributed by atoms with E-state index in [0.717, 1.165) is 12.8 Å². The van der Waals surface area contributed by atoms with E-state index in [-0.39, 0.29) is 16.1 Å². The van der Waals surface area contributed by atoms with Gasteiger partial charge in [-0.1, -0.05) is 81.4 Å². The fourth-order valence-electron chi connectivity index (χ4n) is 5.99. The van der Waals surface area contributed by atoms with Crippen LogP contribution < -0.4 is 10.4 Å². The molecule has 0 N–H and O–H groups in total. The van der Waals surface area contributed by atoms with E-state index in [1.807, 2.05) is 0 Å². The molecule has 2 fully saturated rings. The van der Waals surface area contributed by atoms with Crippen molar-refractivity contribution in [2.75, 3.05) is 13.2 Å². The third kappa shape index (κ3) is 3.47. The van der Waals surface area contributed by atoms with Crippen molar-refractivity contribution < 1.29 is 8.82 Å². The van der Waals surface area contributed by atoms with Gasteiger partial charge in [0.2, 0.25) is 0 Å². The third-order valence-corrected chi connectivity index (χ3v) is 12.4. The van der Waals surface area contributed by atoms with Gasteiger partial charge in [0.05, 0.1) is 6.61 Å². The molecule has 2 aromatic rings. The van der Waals surface area contributed by atoms with Gasteiger partial charge in [0.1, 0.15) is 6.17 Å². The molecular weight excluding hydrogens is 389 g/mol. The first kappa shape index (κ1) is 21.7. The van der Waals surface area contributed by atoms with Gasteiger partial charge in [0, 0.05) is 24.0 Å². The summed E-state index contributed by atoms with van der Waals surface area (Å²) >= 11 is 0. The molecule has 2 atom stereocenters. The van der Waals surface area contributed by atoms with Gasteiger partial charge in [-0.15, -0.1) is 0 Å². The molecule has 0 bridgehead atoms. The minimum Gasteiger partial charge on any atom is -0.406 e. The topological polar surface area (TPSA) is 12.5 Å². The van der Waals surface area contributed by atoms with Gasteiger partial charge in [-0.25, -0.2) is 4.39 Å². The molecule has 2 aliphatic heterocycles. The quantitative estimate of drug-likeness (QED) is 0.631. The molecular formula is C26H36FNOSi. The molecule has 4 heteroatoms. The molecule has 2 heterocycles. The molecule has 4 rings (SSSR count). The summed E-state index contributed by atoms with van der Waals surface area (Å²) < 4.78 is 21.9. The van der Waals surface area contributed by atoms with E-state index in [4.69, 9.17) is 4.43 Å². The van der Waals surface area contributed by atoms with Crippen molar-refractivity contribution in [3.63, 3.8) is 0 Å². The summed E-state index contributed by atoms with van der Waals surface area (Å²) in [7, 11) is -2.60. The molecule has 0 aromatic heterocycles. The lowest BCUT2D eigenvalue weighted by Crippen LogP contribution is -2.68. The van der Waals surface area contributed by atoms with Gasteiger partial charge in [-0.2, -0.15) is 0 Å². The zero-order chi connectivity index (χ0) is 21.6. The van der Waals surface area contributed by atoms with Crippen LogP contribution in [0.2, 0.25) is 5.04 Å². The number of alkyl halides is 1. The molecule has 30 heavy (non-hydrogen) atoms. The largest absolute Gasteiger partial charge is 0.406 e. The van der Waals surface area contributed by atoms with Crippen LogP contribution in [0.3, 0.4) is 0 Å². The fraction of sp³-hybridized carbons (Fsp3) is 0.538. The summed E-state index contributed by atoms with van der Waals surface area (Å²) in [6.07, 6.45) is 1.95. The van der Waals surface area contributed by atoms with Crippen molar-refractivity contribution in [3.8, 4) is 0 Å². The molecule has 0 amide bonds. The minimum atomic E-state index is -2.60. The van der Waals surface area contributed by atoms with Gasteiger partial charge in [-0.3, -0.25) is 4.90 Å². The number of hydrogen-bond donors (Lipinski definition) is 0. The van der Waals surface area contributed by atoms with E-state index in [0.29, 0.717) is 19.6 Å². The maximum Gasteiger partial charge on any atom is 0.261 e. The van der Waals surface area contributed by atoms with Gasteiger partial charge in [0.15, 0.2) is 0 Å². The highest BCUT2D eigenvalue weighted by molar-refractivity contribution is 6.99. The summed E-state index contributed by atoms with van der Waals surface area (Å²) in [5, 5.41) is 2.52. The number of nitrogens with zero attached hydrogens (tertiary/aromatic N) is 1. The third-order valence-electron chi connectivity index (χ3n) is 7.46. The molecule has 162 valence electrons. The van der Waals surface area contributed by atoms with E-state index >= 15 is 0 Å². The lowest BCUT2D eigenvalue weighted by Gasteiger charge is -2.46. The lowest BCUT2D eigenvalue weighted by molar-refractivity contribution is 0.0541. The van der Waals surface area contributed by atoms with Crippen LogP contribution in [-0.4, -0.2) is 43.6 Å². The van der Waals surface area contributed by atoms with E-state index in [1.54, 1.807) is 0 Å². The van der Waals surface area contributed by atoms with Gasteiger partial charge < -0.3 is 4.43 Å². The van der Waals surface area contributed by atoms with Crippen molar-refractivity contribution in [2.24, 2.45) is 0 Å². The number of rotatable bonds is 5. The zero-order valence-corrected chi connectivity index (χ0v) is 20.1. The Morgan fingerprint density at radius 2 is 1.50 bits per heavy atom. The highest BCUT2D eigenvalue weighted by Crippen LogP contribution is 2.49. The average Bonchev–Trinajstić information content (AvgIpc) is 3.16. The number of halogens is 1. The predicted octanol–water partition coefficient (Wildman–Crippen LogP) is 4.92. The first-order valence-electron chi connectivity index (χ1n) is 11.3.